The summed E-state index contributed by atoms with van der Waals surface area (Å²) in [5, 5.41) is 6.57. The van der Waals surface area contributed by atoms with Crippen molar-refractivity contribution >= 4 is 16.5 Å². The van der Waals surface area contributed by atoms with Gasteiger partial charge in [0, 0.05) is 25.5 Å². The Hall–Kier alpha value is -0.610. The van der Waals surface area contributed by atoms with Crippen molar-refractivity contribution < 1.29 is 0 Å². The summed E-state index contributed by atoms with van der Waals surface area (Å²) in [5.74, 6) is 0. The summed E-state index contributed by atoms with van der Waals surface area (Å²) in [6.07, 6.45) is 1.03. The summed E-state index contributed by atoms with van der Waals surface area (Å²) in [7, 11) is 2.13. The molecule has 13 heavy (non-hydrogen) atoms. The topological polar surface area (TPSA) is 28.2 Å². The minimum atomic E-state index is 0.649. The van der Waals surface area contributed by atoms with E-state index in [2.05, 4.69) is 34.6 Å². The van der Waals surface area contributed by atoms with E-state index in [1.165, 1.54) is 5.69 Å². The Labute approximate surface area is 82.8 Å². The molecule has 1 fully saturated rings. The summed E-state index contributed by atoms with van der Waals surface area (Å²) in [6.45, 7) is 4.33. The standard InChI is InChI=1S/C9H15N3S/c1-3-7-6-13-9(11-7)12(2)8-4-10-5-8/h6,8,10H,3-5H2,1-2H3. The third-order valence-corrected chi connectivity index (χ3v) is 3.49. The molecule has 4 heteroatoms. The van der Waals surface area contributed by atoms with E-state index in [9.17, 15) is 0 Å². The van der Waals surface area contributed by atoms with Crippen LogP contribution in [-0.4, -0.2) is 31.2 Å². The van der Waals surface area contributed by atoms with Crippen LogP contribution in [0, 0.1) is 0 Å². The zero-order valence-corrected chi connectivity index (χ0v) is 8.90. The predicted octanol–water partition coefficient (Wildman–Crippen LogP) is 1.11. The molecular weight excluding hydrogens is 182 g/mol. The zero-order valence-electron chi connectivity index (χ0n) is 8.08. The van der Waals surface area contributed by atoms with Gasteiger partial charge in [-0.3, -0.25) is 0 Å². The molecule has 1 aromatic rings. The Morgan fingerprint density at radius 2 is 2.46 bits per heavy atom. The minimum Gasteiger partial charge on any atom is -0.346 e. The zero-order chi connectivity index (χ0) is 9.26. The first-order chi connectivity index (χ1) is 6.31. The van der Waals surface area contributed by atoms with Crippen molar-refractivity contribution in [3.05, 3.63) is 11.1 Å². The number of nitrogens with one attached hydrogen (secondary N) is 1. The van der Waals surface area contributed by atoms with Crippen LogP contribution in [0.4, 0.5) is 5.13 Å². The first-order valence-electron chi connectivity index (χ1n) is 4.69. The molecule has 1 aliphatic rings. The number of nitrogens with zero attached hydrogens (tertiary/aromatic N) is 2. The van der Waals surface area contributed by atoms with Crippen molar-refractivity contribution in [2.45, 2.75) is 19.4 Å². The second kappa shape index (κ2) is 3.64. The van der Waals surface area contributed by atoms with Crippen molar-refractivity contribution in [1.82, 2.24) is 10.3 Å². The fourth-order valence-electron chi connectivity index (χ4n) is 1.32. The Morgan fingerprint density at radius 1 is 1.69 bits per heavy atom. The van der Waals surface area contributed by atoms with E-state index in [0.717, 1.165) is 24.6 Å². The van der Waals surface area contributed by atoms with Crippen LogP contribution in [0.2, 0.25) is 0 Å². The summed E-state index contributed by atoms with van der Waals surface area (Å²) in [4.78, 5) is 6.83. The number of thiazole rings is 1. The first kappa shape index (κ1) is 8.97. The number of likely N-dealkylation sites (N-methyl/N-ethyl adjacent to an activating group) is 1. The smallest absolute Gasteiger partial charge is 0.185 e. The van der Waals surface area contributed by atoms with Crippen molar-refractivity contribution in [3.8, 4) is 0 Å². The number of aryl methyl sites for hydroxylation is 1. The molecule has 1 aromatic heterocycles. The molecule has 0 unspecified atom stereocenters. The van der Waals surface area contributed by atoms with Gasteiger partial charge in [0.1, 0.15) is 0 Å². The van der Waals surface area contributed by atoms with Crippen molar-refractivity contribution in [2.75, 3.05) is 25.0 Å². The van der Waals surface area contributed by atoms with Gasteiger partial charge >= 0.3 is 0 Å². The molecule has 0 spiro atoms. The highest BCUT2D eigenvalue weighted by atomic mass is 32.1. The van der Waals surface area contributed by atoms with Crippen LogP contribution < -0.4 is 10.2 Å². The maximum atomic E-state index is 4.55. The summed E-state index contributed by atoms with van der Waals surface area (Å²) in [5.41, 5.74) is 1.21. The number of rotatable bonds is 3. The van der Waals surface area contributed by atoms with Crippen molar-refractivity contribution in [1.29, 1.82) is 0 Å². The molecule has 2 rings (SSSR count). The number of hydrogen-bond acceptors (Lipinski definition) is 4. The molecule has 0 atom stereocenters. The van der Waals surface area contributed by atoms with Crippen LogP contribution in [0.3, 0.4) is 0 Å². The molecule has 0 aromatic carbocycles. The highest BCUT2D eigenvalue weighted by molar-refractivity contribution is 7.13. The molecule has 1 N–H and O–H groups in total. The van der Waals surface area contributed by atoms with Gasteiger partial charge in [0.15, 0.2) is 5.13 Å². The Bertz CT molecular complexity index is 280. The van der Waals surface area contributed by atoms with Gasteiger partial charge in [-0.05, 0) is 6.42 Å². The van der Waals surface area contributed by atoms with Crippen LogP contribution in [0.15, 0.2) is 5.38 Å². The second-order valence-corrected chi connectivity index (χ2v) is 4.23. The van der Waals surface area contributed by atoms with Gasteiger partial charge < -0.3 is 10.2 Å². The van der Waals surface area contributed by atoms with Crippen LogP contribution >= 0.6 is 11.3 Å². The lowest BCUT2D eigenvalue weighted by atomic mass is 10.2. The molecule has 0 amide bonds. The molecule has 0 saturated carbocycles. The number of hydrogen-bond donors (Lipinski definition) is 1. The third kappa shape index (κ3) is 1.69. The monoisotopic (exact) mass is 197 g/mol. The van der Waals surface area contributed by atoms with Crippen molar-refractivity contribution in [3.63, 3.8) is 0 Å². The highest BCUT2D eigenvalue weighted by Gasteiger charge is 2.23. The molecule has 2 heterocycles. The molecule has 3 nitrogen and oxygen atoms in total. The molecule has 1 saturated heterocycles. The van der Waals surface area contributed by atoms with Crippen LogP contribution in [0.25, 0.3) is 0 Å². The first-order valence-corrected chi connectivity index (χ1v) is 5.57. The Kier molecular flexibility index (Phi) is 2.51. The van der Waals surface area contributed by atoms with E-state index in [-0.39, 0.29) is 0 Å². The van der Waals surface area contributed by atoms with E-state index in [4.69, 9.17) is 0 Å². The summed E-state index contributed by atoms with van der Waals surface area (Å²) in [6, 6.07) is 0.649. The normalized spacial score (nSPS) is 17.1. The van der Waals surface area contributed by atoms with Gasteiger partial charge in [-0.25, -0.2) is 4.98 Å². The van der Waals surface area contributed by atoms with Gasteiger partial charge in [0.2, 0.25) is 0 Å². The van der Waals surface area contributed by atoms with E-state index in [0.29, 0.717) is 6.04 Å². The second-order valence-electron chi connectivity index (χ2n) is 3.40. The van der Waals surface area contributed by atoms with E-state index < -0.39 is 0 Å². The summed E-state index contributed by atoms with van der Waals surface area (Å²) < 4.78 is 0. The van der Waals surface area contributed by atoms with Crippen LogP contribution in [0.5, 0.6) is 0 Å². The van der Waals surface area contributed by atoms with Crippen LogP contribution in [-0.2, 0) is 6.42 Å². The van der Waals surface area contributed by atoms with Gasteiger partial charge in [-0.15, -0.1) is 11.3 Å². The Morgan fingerprint density at radius 3 is 2.92 bits per heavy atom. The fourth-order valence-corrected chi connectivity index (χ4v) is 2.27. The van der Waals surface area contributed by atoms with Crippen LogP contribution in [0.1, 0.15) is 12.6 Å². The predicted molar refractivity (Wildman–Crippen MR) is 56.6 cm³/mol. The summed E-state index contributed by atoms with van der Waals surface area (Å²) >= 11 is 1.75. The average molecular weight is 197 g/mol. The highest BCUT2D eigenvalue weighted by Crippen LogP contribution is 2.22. The lowest BCUT2D eigenvalue weighted by Crippen LogP contribution is -2.56. The molecule has 1 aliphatic heterocycles. The number of anilines is 1. The molecule has 72 valence electrons. The maximum absolute atomic E-state index is 4.55. The Balaban J connectivity index is 2.05. The fraction of sp³-hybridized carbons (Fsp3) is 0.667. The SMILES string of the molecule is CCc1csc(N(C)C2CNC2)n1. The molecule has 0 radical (unpaired) electrons. The van der Waals surface area contributed by atoms with Gasteiger partial charge in [-0.2, -0.15) is 0 Å². The quantitative estimate of drug-likeness (QED) is 0.787. The lowest BCUT2D eigenvalue weighted by molar-refractivity contribution is 0.428. The molecule has 0 bridgehead atoms. The van der Waals surface area contributed by atoms with E-state index in [1.807, 2.05) is 0 Å². The van der Waals surface area contributed by atoms with E-state index in [1.54, 1.807) is 11.3 Å². The molecular formula is C9H15N3S. The molecule has 0 aliphatic carbocycles. The largest absolute Gasteiger partial charge is 0.346 e. The third-order valence-electron chi connectivity index (χ3n) is 2.51. The lowest BCUT2D eigenvalue weighted by Gasteiger charge is -2.35. The average Bonchev–Trinajstić information content (AvgIpc) is 2.48. The van der Waals surface area contributed by atoms with Gasteiger partial charge in [0.25, 0.3) is 0 Å². The van der Waals surface area contributed by atoms with Gasteiger partial charge in [-0.1, -0.05) is 6.92 Å². The maximum Gasteiger partial charge on any atom is 0.185 e. The number of aromatic nitrogens is 1. The van der Waals surface area contributed by atoms with E-state index >= 15 is 0 Å². The minimum absolute atomic E-state index is 0.649. The van der Waals surface area contributed by atoms with Gasteiger partial charge in [0.05, 0.1) is 11.7 Å². The van der Waals surface area contributed by atoms with Crippen molar-refractivity contribution in [2.24, 2.45) is 0 Å².